The van der Waals surface area contributed by atoms with Crippen molar-refractivity contribution in [1.82, 2.24) is 15.2 Å². The van der Waals surface area contributed by atoms with Gasteiger partial charge in [-0.25, -0.2) is 13.8 Å². The molecular formula is C27H34F5N5O3S. The van der Waals surface area contributed by atoms with Gasteiger partial charge < -0.3 is 20.6 Å². The molecule has 226 valence electrons. The fraction of sp³-hybridized carbons (Fsp3) is 0.667. The number of aromatic nitrogens is 1. The van der Waals surface area contributed by atoms with Crippen molar-refractivity contribution >= 4 is 40.4 Å². The van der Waals surface area contributed by atoms with Crippen molar-refractivity contribution in [2.75, 3.05) is 5.32 Å². The molecule has 0 aromatic carbocycles. The number of alkyl halides is 5. The van der Waals surface area contributed by atoms with E-state index in [1.54, 1.807) is 4.90 Å². The predicted molar refractivity (Wildman–Crippen MR) is 146 cm³/mol. The summed E-state index contributed by atoms with van der Waals surface area (Å²) in [6.45, 7) is 2.67. The highest BCUT2D eigenvalue weighted by Gasteiger charge is 2.45. The van der Waals surface area contributed by atoms with Crippen LogP contribution in [-0.4, -0.2) is 79.9 Å². The summed E-state index contributed by atoms with van der Waals surface area (Å²) in [5, 5.41) is 14.9. The van der Waals surface area contributed by atoms with Gasteiger partial charge in [0, 0.05) is 29.4 Å². The Kier molecular flexibility index (Phi) is 9.62. The van der Waals surface area contributed by atoms with Gasteiger partial charge in [-0.15, -0.1) is 0 Å². The second kappa shape index (κ2) is 12.6. The third-order valence-electron chi connectivity index (χ3n) is 8.20. The van der Waals surface area contributed by atoms with E-state index in [2.05, 4.69) is 20.6 Å². The fourth-order valence-corrected chi connectivity index (χ4v) is 6.28. The van der Waals surface area contributed by atoms with Gasteiger partial charge in [-0.2, -0.15) is 13.2 Å². The molecule has 2 saturated heterocycles. The Balaban J connectivity index is 1.66. The summed E-state index contributed by atoms with van der Waals surface area (Å²) in [5.41, 5.74) is -1.11. The van der Waals surface area contributed by atoms with Crippen LogP contribution in [0.2, 0.25) is 0 Å². The third kappa shape index (κ3) is 6.85. The predicted octanol–water partition coefficient (Wildman–Crippen LogP) is 4.50. The molecule has 3 fully saturated rings. The highest BCUT2D eigenvalue weighted by atomic mass is 32.1. The van der Waals surface area contributed by atoms with Gasteiger partial charge in [-0.1, -0.05) is 19.1 Å². The SMILES string of the molecule is CC[C@H](Nc1cc(C(F)F)c(C(=S)C(N=C(C)C(=O)N[C@H]2CCC[C@@H]2O)C(=O)N2C3CCC2CC3)cn1)C(F)(F)F. The van der Waals surface area contributed by atoms with Crippen molar-refractivity contribution in [1.29, 1.82) is 0 Å². The number of aliphatic imine (C=N–C) groups is 1. The first kappa shape index (κ1) is 31.2. The van der Waals surface area contributed by atoms with Crippen LogP contribution in [0.3, 0.4) is 0 Å². The molecule has 2 amide bonds. The van der Waals surface area contributed by atoms with Gasteiger partial charge in [0.25, 0.3) is 18.2 Å². The monoisotopic (exact) mass is 603 g/mol. The molecule has 1 aromatic heterocycles. The second-order valence-electron chi connectivity index (χ2n) is 10.9. The number of carbonyl (C=O) groups excluding carboxylic acids is 2. The van der Waals surface area contributed by atoms with Gasteiger partial charge >= 0.3 is 6.18 Å². The summed E-state index contributed by atoms with van der Waals surface area (Å²) in [5.74, 6) is -1.55. The lowest BCUT2D eigenvalue weighted by Crippen LogP contribution is -2.46. The van der Waals surface area contributed by atoms with Crippen molar-refractivity contribution in [3.8, 4) is 0 Å². The first-order chi connectivity index (χ1) is 19.3. The van der Waals surface area contributed by atoms with Gasteiger partial charge in [0.1, 0.15) is 11.9 Å². The van der Waals surface area contributed by atoms with Crippen molar-refractivity contribution in [2.24, 2.45) is 4.99 Å². The van der Waals surface area contributed by atoms with E-state index in [1.165, 1.54) is 13.8 Å². The Morgan fingerprint density at radius 2 is 1.80 bits per heavy atom. The zero-order valence-electron chi connectivity index (χ0n) is 22.8. The molecule has 8 nitrogen and oxygen atoms in total. The minimum Gasteiger partial charge on any atom is -0.391 e. The van der Waals surface area contributed by atoms with Crippen LogP contribution in [0, 0.1) is 0 Å². The maximum absolute atomic E-state index is 14.2. The van der Waals surface area contributed by atoms with Crippen molar-refractivity contribution in [2.45, 2.75) is 114 Å². The van der Waals surface area contributed by atoms with Gasteiger partial charge in [0.15, 0.2) is 6.04 Å². The highest BCUT2D eigenvalue weighted by Crippen LogP contribution is 2.39. The van der Waals surface area contributed by atoms with Crippen LogP contribution in [0.1, 0.15) is 82.8 Å². The first-order valence-electron chi connectivity index (χ1n) is 13.8. The van der Waals surface area contributed by atoms with Crippen molar-refractivity contribution in [3.05, 3.63) is 23.4 Å². The number of anilines is 1. The number of halogens is 5. The molecule has 4 rings (SSSR count). The number of nitrogens with one attached hydrogen (secondary N) is 2. The topological polar surface area (TPSA) is 107 Å². The Labute approximate surface area is 240 Å². The van der Waals surface area contributed by atoms with Crippen LogP contribution in [0.5, 0.6) is 0 Å². The average molecular weight is 604 g/mol. The molecule has 2 aliphatic heterocycles. The summed E-state index contributed by atoms with van der Waals surface area (Å²) in [6, 6.07) is -3.25. The molecule has 3 N–H and O–H groups in total. The maximum atomic E-state index is 14.2. The Bertz CT molecular complexity index is 1180. The lowest BCUT2D eigenvalue weighted by atomic mass is 10.0. The third-order valence-corrected chi connectivity index (χ3v) is 8.64. The van der Waals surface area contributed by atoms with E-state index < -0.39 is 60.0 Å². The number of rotatable bonds is 10. The first-order valence-corrected chi connectivity index (χ1v) is 14.2. The Hall–Kier alpha value is -2.74. The largest absolute Gasteiger partial charge is 0.408 e. The number of thiocarbonyl (C=S) groups is 1. The van der Waals surface area contributed by atoms with E-state index in [1.807, 2.05) is 0 Å². The summed E-state index contributed by atoms with van der Waals surface area (Å²) in [4.78, 5) is 36.3. The van der Waals surface area contributed by atoms with E-state index in [0.717, 1.165) is 44.4 Å². The van der Waals surface area contributed by atoms with Gasteiger partial charge in [-0.3, -0.25) is 14.6 Å². The van der Waals surface area contributed by atoms with Gasteiger partial charge in [0.05, 0.1) is 22.7 Å². The number of aliphatic hydroxyl groups excluding tert-OH is 1. The zero-order valence-corrected chi connectivity index (χ0v) is 23.6. The molecule has 1 saturated carbocycles. The molecule has 1 unspecified atom stereocenters. The molecule has 3 heterocycles. The van der Waals surface area contributed by atoms with Crippen LogP contribution in [0.25, 0.3) is 0 Å². The van der Waals surface area contributed by atoms with Crippen molar-refractivity contribution < 1.29 is 36.6 Å². The normalized spacial score (nSPS) is 25.9. The number of fused-ring (bicyclic) bond motifs is 2. The summed E-state index contributed by atoms with van der Waals surface area (Å²) < 4.78 is 68.2. The Morgan fingerprint density at radius 3 is 2.32 bits per heavy atom. The average Bonchev–Trinajstić information content (AvgIpc) is 3.64. The van der Waals surface area contributed by atoms with Crippen LogP contribution in [0.4, 0.5) is 27.8 Å². The van der Waals surface area contributed by atoms with Gasteiger partial charge in [-0.05, 0) is 64.4 Å². The molecule has 2 bridgehead atoms. The summed E-state index contributed by atoms with van der Waals surface area (Å²) in [6.07, 6.45) is -2.87. The number of carbonyl (C=O) groups is 2. The van der Waals surface area contributed by atoms with E-state index in [0.29, 0.717) is 12.8 Å². The minimum absolute atomic E-state index is 0.0385. The number of hydrogen-bond acceptors (Lipinski definition) is 7. The quantitative estimate of drug-likeness (QED) is 0.157. The number of amides is 2. The van der Waals surface area contributed by atoms with Crippen LogP contribution >= 0.6 is 12.2 Å². The molecule has 14 heteroatoms. The minimum atomic E-state index is -4.62. The smallest absolute Gasteiger partial charge is 0.391 e. The Morgan fingerprint density at radius 1 is 1.17 bits per heavy atom. The van der Waals surface area contributed by atoms with E-state index in [9.17, 15) is 36.6 Å². The molecule has 0 radical (unpaired) electrons. The molecule has 0 spiro atoms. The van der Waals surface area contributed by atoms with Crippen LogP contribution < -0.4 is 10.6 Å². The lowest BCUT2D eigenvalue weighted by Gasteiger charge is -2.27. The van der Waals surface area contributed by atoms with Crippen molar-refractivity contribution in [3.63, 3.8) is 0 Å². The molecule has 1 aliphatic carbocycles. The molecule has 3 aliphatic rings. The van der Waals surface area contributed by atoms with E-state index in [-0.39, 0.29) is 34.6 Å². The fourth-order valence-electron chi connectivity index (χ4n) is 5.95. The zero-order chi connectivity index (χ0) is 30.1. The molecule has 41 heavy (non-hydrogen) atoms. The van der Waals surface area contributed by atoms with E-state index >= 15 is 0 Å². The number of aliphatic hydroxyl groups is 1. The van der Waals surface area contributed by atoms with Crippen LogP contribution in [0.15, 0.2) is 17.3 Å². The number of pyridine rings is 1. The molecule has 1 aromatic rings. The molecule has 4 atom stereocenters. The highest BCUT2D eigenvalue weighted by molar-refractivity contribution is 7.81. The standard InChI is InChI=1S/C27H34F5N5O3S/c1-3-20(27(30,31)32)36-21-11-16(24(28)29)17(12-33-21)23(41)22(26(40)37-14-7-8-15(37)10-9-14)34-13(2)25(39)35-18-5-4-6-19(18)38/h11-12,14-15,18-20,22,24,38H,3-10H2,1-2H3,(H,33,36)(H,35,39)/t14?,15?,18-,19-,20-,22?/m0/s1. The summed E-state index contributed by atoms with van der Waals surface area (Å²) >= 11 is 5.54. The lowest BCUT2D eigenvalue weighted by molar-refractivity contribution is -0.143. The van der Waals surface area contributed by atoms with Crippen LogP contribution in [-0.2, 0) is 9.59 Å². The summed E-state index contributed by atoms with van der Waals surface area (Å²) in [7, 11) is 0. The second-order valence-corrected chi connectivity index (χ2v) is 11.3. The maximum Gasteiger partial charge on any atom is 0.408 e. The number of nitrogens with zero attached hydrogens (tertiary/aromatic N) is 3. The number of hydrogen-bond donors (Lipinski definition) is 3. The molecular weight excluding hydrogens is 569 g/mol. The van der Waals surface area contributed by atoms with Gasteiger partial charge in [0.2, 0.25) is 0 Å². The van der Waals surface area contributed by atoms with E-state index in [4.69, 9.17) is 12.2 Å².